The predicted molar refractivity (Wildman–Crippen MR) is 88.2 cm³/mol. The van der Waals surface area contributed by atoms with E-state index in [0.717, 1.165) is 18.2 Å². The molecule has 3 rings (SSSR count). The first-order valence-corrected chi connectivity index (χ1v) is 7.50. The van der Waals surface area contributed by atoms with Crippen LogP contribution in [-0.4, -0.2) is 10.5 Å². The molecule has 1 aromatic heterocycles. The molecule has 0 saturated carbocycles. The number of aryl methyl sites for hydroxylation is 1. The lowest BCUT2D eigenvalue weighted by molar-refractivity contribution is 0.102. The first-order valence-electron chi connectivity index (χ1n) is 7.50. The molecule has 0 saturated heterocycles. The molecule has 3 aromatic rings. The molecular weight excluding hydrogens is 333 g/mol. The highest BCUT2D eigenvalue weighted by atomic mass is 19.1. The lowest BCUT2D eigenvalue weighted by Crippen LogP contribution is -2.24. The number of hydrogen-bond acceptors (Lipinski definition) is 2. The Balaban J connectivity index is 2.10. The van der Waals surface area contributed by atoms with Crippen LogP contribution in [0, 0.1) is 17.5 Å². The molecule has 1 heterocycles. The summed E-state index contributed by atoms with van der Waals surface area (Å²) in [6, 6.07) is 6.40. The fourth-order valence-corrected chi connectivity index (χ4v) is 2.57. The maximum atomic E-state index is 13.7. The molecule has 2 aromatic carbocycles. The standard InChI is InChI=1S/C18H13F3N2O2/c1-2-23-9-13(17(24)12-7-10(19)4-6-16(12)23)18(25)22-15-5-3-11(20)8-14(15)21/h3-9H,2H2,1H3,(H,22,25). The molecule has 25 heavy (non-hydrogen) atoms. The second kappa shape index (κ2) is 6.43. The van der Waals surface area contributed by atoms with Crippen LogP contribution >= 0.6 is 0 Å². The van der Waals surface area contributed by atoms with Crippen LogP contribution in [0.4, 0.5) is 18.9 Å². The average Bonchev–Trinajstić information content (AvgIpc) is 2.58. The van der Waals surface area contributed by atoms with Gasteiger partial charge in [0.1, 0.15) is 23.0 Å². The van der Waals surface area contributed by atoms with Crippen LogP contribution in [-0.2, 0) is 6.54 Å². The van der Waals surface area contributed by atoms with E-state index in [1.165, 1.54) is 18.3 Å². The SMILES string of the molecule is CCn1cc(C(=O)Nc2ccc(F)cc2F)c(=O)c2cc(F)ccc21. The van der Waals surface area contributed by atoms with E-state index in [9.17, 15) is 22.8 Å². The molecule has 1 N–H and O–H groups in total. The van der Waals surface area contributed by atoms with Crippen molar-refractivity contribution in [3.8, 4) is 0 Å². The number of amides is 1. The maximum absolute atomic E-state index is 13.7. The van der Waals surface area contributed by atoms with Crippen LogP contribution in [0.15, 0.2) is 47.4 Å². The molecule has 0 atom stereocenters. The Morgan fingerprint density at radius 2 is 1.76 bits per heavy atom. The molecule has 0 unspecified atom stereocenters. The maximum Gasteiger partial charge on any atom is 0.261 e. The summed E-state index contributed by atoms with van der Waals surface area (Å²) in [5.74, 6) is -3.21. The summed E-state index contributed by atoms with van der Waals surface area (Å²) in [6.07, 6.45) is 1.33. The van der Waals surface area contributed by atoms with Gasteiger partial charge in [-0.2, -0.15) is 0 Å². The Kier molecular flexibility index (Phi) is 4.31. The number of nitrogens with zero attached hydrogens (tertiary/aromatic N) is 1. The number of rotatable bonds is 3. The zero-order chi connectivity index (χ0) is 18.1. The second-order valence-corrected chi connectivity index (χ2v) is 5.40. The summed E-state index contributed by atoms with van der Waals surface area (Å²) < 4.78 is 41.7. The monoisotopic (exact) mass is 346 g/mol. The van der Waals surface area contributed by atoms with Crippen molar-refractivity contribution in [2.24, 2.45) is 0 Å². The molecular formula is C18H13F3N2O2. The van der Waals surface area contributed by atoms with Crippen LogP contribution in [0.2, 0.25) is 0 Å². The predicted octanol–water partition coefficient (Wildman–Crippen LogP) is 3.69. The average molecular weight is 346 g/mol. The van der Waals surface area contributed by atoms with Gasteiger partial charge in [0.2, 0.25) is 5.43 Å². The molecule has 0 fully saturated rings. The van der Waals surface area contributed by atoms with E-state index < -0.39 is 28.8 Å². The number of hydrogen-bond donors (Lipinski definition) is 1. The van der Waals surface area contributed by atoms with E-state index >= 15 is 0 Å². The summed E-state index contributed by atoms with van der Waals surface area (Å²) in [4.78, 5) is 24.9. The van der Waals surface area contributed by atoms with Gasteiger partial charge in [-0.15, -0.1) is 0 Å². The molecule has 0 bridgehead atoms. The fraction of sp³-hybridized carbons (Fsp3) is 0.111. The summed E-state index contributed by atoms with van der Waals surface area (Å²) in [6.45, 7) is 2.24. The smallest absolute Gasteiger partial charge is 0.261 e. The van der Waals surface area contributed by atoms with Gasteiger partial charge >= 0.3 is 0 Å². The third-order valence-electron chi connectivity index (χ3n) is 3.81. The van der Waals surface area contributed by atoms with Crippen molar-refractivity contribution in [2.45, 2.75) is 13.5 Å². The van der Waals surface area contributed by atoms with E-state index in [2.05, 4.69) is 5.32 Å². The van der Waals surface area contributed by atoms with Crippen LogP contribution in [0.25, 0.3) is 10.9 Å². The minimum Gasteiger partial charge on any atom is -0.347 e. The molecule has 128 valence electrons. The van der Waals surface area contributed by atoms with Crippen molar-refractivity contribution in [1.82, 2.24) is 4.57 Å². The number of aromatic nitrogens is 1. The van der Waals surface area contributed by atoms with E-state index in [4.69, 9.17) is 0 Å². The molecule has 4 nitrogen and oxygen atoms in total. The van der Waals surface area contributed by atoms with Crippen LogP contribution in [0.3, 0.4) is 0 Å². The van der Waals surface area contributed by atoms with Gasteiger partial charge in [0.05, 0.1) is 11.2 Å². The van der Waals surface area contributed by atoms with Gasteiger partial charge in [-0.25, -0.2) is 13.2 Å². The minimum absolute atomic E-state index is 0.0501. The highest BCUT2D eigenvalue weighted by Crippen LogP contribution is 2.17. The van der Waals surface area contributed by atoms with Crippen LogP contribution in [0.1, 0.15) is 17.3 Å². The number of fused-ring (bicyclic) bond motifs is 1. The largest absolute Gasteiger partial charge is 0.347 e. The quantitative estimate of drug-likeness (QED) is 0.786. The van der Waals surface area contributed by atoms with Gasteiger partial charge in [-0.3, -0.25) is 9.59 Å². The van der Waals surface area contributed by atoms with Crippen molar-refractivity contribution in [3.05, 3.63) is 75.8 Å². The van der Waals surface area contributed by atoms with Crippen LogP contribution < -0.4 is 10.7 Å². The van der Waals surface area contributed by atoms with Crippen LogP contribution in [0.5, 0.6) is 0 Å². The second-order valence-electron chi connectivity index (χ2n) is 5.40. The van der Waals surface area contributed by atoms with Crippen molar-refractivity contribution in [2.75, 3.05) is 5.32 Å². The summed E-state index contributed by atoms with van der Waals surface area (Å²) in [5.41, 5.74) is -0.700. The molecule has 0 aliphatic carbocycles. The van der Waals surface area contributed by atoms with E-state index in [0.29, 0.717) is 18.1 Å². The van der Waals surface area contributed by atoms with Crippen molar-refractivity contribution < 1.29 is 18.0 Å². The Morgan fingerprint density at radius 3 is 2.44 bits per heavy atom. The number of benzene rings is 2. The third-order valence-corrected chi connectivity index (χ3v) is 3.81. The molecule has 0 aliphatic heterocycles. The van der Waals surface area contributed by atoms with Gasteiger partial charge in [0, 0.05) is 24.2 Å². The van der Waals surface area contributed by atoms with Gasteiger partial charge in [0.15, 0.2) is 0 Å². The van der Waals surface area contributed by atoms with Crippen molar-refractivity contribution in [3.63, 3.8) is 0 Å². The van der Waals surface area contributed by atoms with E-state index in [1.54, 1.807) is 11.5 Å². The lowest BCUT2D eigenvalue weighted by Gasteiger charge is -2.12. The molecule has 0 spiro atoms. The summed E-state index contributed by atoms with van der Waals surface area (Å²) in [7, 11) is 0. The van der Waals surface area contributed by atoms with Gasteiger partial charge in [-0.05, 0) is 37.3 Å². The number of nitrogens with one attached hydrogen (secondary N) is 1. The first kappa shape index (κ1) is 16.8. The summed E-state index contributed by atoms with van der Waals surface area (Å²) >= 11 is 0. The topological polar surface area (TPSA) is 51.1 Å². The highest BCUT2D eigenvalue weighted by molar-refractivity contribution is 6.05. The number of halogens is 3. The number of carbonyl (C=O) groups excluding carboxylic acids is 1. The normalized spacial score (nSPS) is 10.9. The summed E-state index contributed by atoms with van der Waals surface area (Å²) in [5, 5.41) is 2.29. The minimum atomic E-state index is -0.962. The zero-order valence-electron chi connectivity index (χ0n) is 13.1. The molecule has 1 amide bonds. The fourth-order valence-electron chi connectivity index (χ4n) is 2.57. The van der Waals surface area contributed by atoms with Gasteiger partial charge in [0.25, 0.3) is 5.91 Å². The van der Waals surface area contributed by atoms with Gasteiger partial charge < -0.3 is 9.88 Å². The van der Waals surface area contributed by atoms with E-state index in [-0.39, 0.29) is 16.6 Å². The Hall–Kier alpha value is -3.09. The zero-order valence-corrected chi connectivity index (χ0v) is 13.1. The first-order chi connectivity index (χ1) is 11.9. The Labute approximate surface area is 140 Å². The molecule has 0 aliphatic rings. The molecule has 0 radical (unpaired) electrons. The Morgan fingerprint density at radius 1 is 1.08 bits per heavy atom. The third kappa shape index (κ3) is 3.13. The molecule has 7 heteroatoms. The highest BCUT2D eigenvalue weighted by Gasteiger charge is 2.17. The van der Waals surface area contributed by atoms with Crippen molar-refractivity contribution in [1.29, 1.82) is 0 Å². The Bertz CT molecular complexity index is 1040. The van der Waals surface area contributed by atoms with E-state index in [1.807, 2.05) is 0 Å². The van der Waals surface area contributed by atoms with Gasteiger partial charge in [-0.1, -0.05) is 0 Å². The number of carbonyl (C=O) groups is 1. The lowest BCUT2D eigenvalue weighted by atomic mass is 10.1. The number of anilines is 1. The number of pyridine rings is 1. The van der Waals surface area contributed by atoms with Crippen molar-refractivity contribution >= 4 is 22.5 Å².